The Balaban J connectivity index is 1.74. The smallest absolute Gasteiger partial charge is 0.182 e. The normalized spacial score (nSPS) is 15.1. The Kier molecular flexibility index (Phi) is 3.99. The highest BCUT2D eigenvalue weighted by Gasteiger charge is 2.26. The topological polar surface area (TPSA) is 41.6 Å². The molecule has 23 heavy (non-hydrogen) atoms. The number of nitrogens with one attached hydrogen (secondary N) is 1. The van der Waals surface area contributed by atoms with E-state index in [0.717, 1.165) is 23.7 Å². The Hall–Kier alpha value is -2.49. The van der Waals surface area contributed by atoms with Gasteiger partial charge in [0.1, 0.15) is 11.4 Å². The molecular weight excluding hydrogens is 288 g/mol. The molecule has 0 amide bonds. The third-order valence-corrected chi connectivity index (χ3v) is 3.97. The van der Waals surface area contributed by atoms with E-state index < -0.39 is 0 Å². The molecule has 1 heterocycles. The number of benzene rings is 2. The van der Waals surface area contributed by atoms with Crippen LogP contribution in [0.3, 0.4) is 0 Å². The van der Waals surface area contributed by atoms with Crippen molar-refractivity contribution >= 4 is 17.2 Å². The van der Waals surface area contributed by atoms with Crippen LogP contribution in [0.15, 0.2) is 48.5 Å². The highest BCUT2D eigenvalue weighted by atomic mass is 16.5. The van der Waals surface area contributed by atoms with Gasteiger partial charge in [-0.15, -0.1) is 0 Å². The number of hydrogen-bond donors (Lipinski definition) is 1. The fraction of sp³-hybridized carbons (Fsp3) is 0.316. The molecule has 0 atom stereocenters. The minimum absolute atomic E-state index is 0.0887. The minimum atomic E-state index is -0.230. The van der Waals surface area contributed by atoms with Gasteiger partial charge in [-0.05, 0) is 44.2 Å². The van der Waals surface area contributed by atoms with E-state index >= 15 is 0 Å². The first kappa shape index (κ1) is 15.4. The van der Waals surface area contributed by atoms with Crippen molar-refractivity contribution in [2.75, 3.05) is 30.4 Å². The largest absolute Gasteiger partial charge is 0.484 e. The predicted molar refractivity (Wildman–Crippen MR) is 93.7 cm³/mol. The third-order valence-electron chi connectivity index (χ3n) is 3.97. The minimum Gasteiger partial charge on any atom is -0.484 e. The van der Waals surface area contributed by atoms with Gasteiger partial charge in [-0.3, -0.25) is 4.79 Å². The summed E-state index contributed by atoms with van der Waals surface area (Å²) in [5, 5.41) is 3.34. The summed E-state index contributed by atoms with van der Waals surface area (Å²) in [6.45, 7) is 5.14. The zero-order chi connectivity index (χ0) is 16.4. The average Bonchev–Trinajstić information content (AvgIpc) is 2.54. The Morgan fingerprint density at radius 3 is 2.70 bits per heavy atom. The number of ether oxygens (including phenoxy) is 1. The molecule has 120 valence electrons. The molecule has 0 fully saturated rings. The van der Waals surface area contributed by atoms with Crippen molar-refractivity contribution in [1.82, 2.24) is 0 Å². The van der Waals surface area contributed by atoms with E-state index in [2.05, 4.69) is 5.32 Å². The molecule has 2 aromatic rings. The molecule has 4 nitrogen and oxygen atoms in total. The Morgan fingerprint density at radius 1 is 1.22 bits per heavy atom. The summed E-state index contributed by atoms with van der Waals surface area (Å²) in [5.74, 6) is 0.889. The lowest BCUT2D eigenvalue weighted by molar-refractivity contribution is 0.1000. The van der Waals surface area contributed by atoms with Gasteiger partial charge in [0, 0.05) is 18.3 Å². The first-order valence-electron chi connectivity index (χ1n) is 7.81. The van der Waals surface area contributed by atoms with Crippen molar-refractivity contribution in [2.24, 2.45) is 0 Å². The molecule has 0 saturated heterocycles. The molecule has 4 heteroatoms. The van der Waals surface area contributed by atoms with Gasteiger partial charge in [0.05, 0.1) is 18.8 Å². The molecular formula is C19H22N2O2. The van der Waals surface area contributed by atoms with Crippen LogP contribution in [0.25, 0.3) is 0 Å². The lowest BCUT2D eigenvalue weighted by Gasteiger charge is -2.33. The lowest BCUT2D eigenvalue weighted by Crippen LogP contribution is -2.40. The van der Waals surface area contributed by atoms with Crippen LogP contribution < -0.4 is 15.0 Å². The summed E-state index contributed by atoms with van der Waals surface area (Å²) in [6, 6.07) is 15.5. The summed E-state index contributed by atoms with van der Waals surface area (Å²) in [7, 11) is 1.93. The number of carbonyl (C=O) groups excluding carboxylic acids is 1. The molecule has 0 saturated carbocycles. The Morgan fingerprint density at radius 2 is 1.96 bits per heavy atom. The van der Waals surface area contributed by atoms with Gasteiger partial charge in [0.25, 0.3) is 0 Å². The zero-order valence-electron chi connectivity index (χ0n) is 13.8. The van der Waals surface area contributed by atoms with Crippen LogP contribution in [-0.4, -0.2) is 31.5 Å². The molecule has 0 unspecified atom stereocenters. The van der Waals surface area contributed by atoms with Crippen molar-refractivity contribution < 1.29 is 9.53 Å². The molecule has 1 aliphatic heterocycles. The van der Waals surface area contributed by atoms with Crippen LogP contribution >= 0.6 is 0 Å². The number of hydrogen-bond acceptors (Lipinski definition) is 4. The van der Waals surface area contributed by atoms with Crippen LogP contribution in [0.2, 0.25) is 0 Å². The number of ketones is 1. The molecule has 0 spiro atoms. The van der Waals surface area contributed by atoms with Crippen molar-refractivity contribution in [2.45, 2.75) is 19.4 Å². The molecule has 0 radical (unpaired) electrons. The van der Waals surface area contributed by atoms with Gasteiger partial charge in [0.15, 0.2) is 5.78 Å². The van der Waals surface area contributed by atoms with E-state index in [0.29, 0.717) is 12.1 Å². The second-order valence-electron chi connectivity index (χ2n) is 6.54. The zero-order valence-corrected chi connectivity index (χ0v) is 13.8. The van der Waals surface area contributed by atoms with E-state index in [1.807, 2.05) is 74.3 Å². The summed E-state index contributed by atoms with van der Waals surface area (Å²) >= 11 is 0. The summed E-state index contributed by atoms with van der Waals surface area (Å²) in [4.78, 5) is 14.5. The maximum absolute atomic E-state index is 12.5. The van der Waals surface area contributed by atoms with Gasteiger partial charge >= 0.3 is 0 Å². The monoisotopic (exact) mass is 310 g/mol. The van der Waals surface area contributed by atoms with E-state index in [1.54, 1.807) is 0 Å². The standard InChI is InChI=1S/C19H22N2O2/c1-19(2)13-20-16-11-14(9-10-18(16)23-19)17(22)12-21(3)15-7-5-4-6-8-15/h4-11,20H,12-13H2,1-3H3. The Bertz CT molecular complexity index is 711. The highest BCUT2D eigenvalue weighted by Crippen LogP contribution is 2.33. The number of nitrogens with zero attached hydrogens (tertiary/aromatic N) is 1. The SMILES string of the molecule is CN(CC(=O)c1ccc2c(c1)NCC(C)(C)O2)c1ccccc1. The molecule has 1 N–H and O–H groups in total. The van der Waals surface area contributed by atoms with Crippen molar-refractivity contribution in [3.8, 4) is 5.75 Å². The summed E-state index contributed by atoms with van der Waals surface area (Å²) < 4.78 is 5.92. The van der Waals surface area contributed by atoms with Crippen LogP contribution in [0.5, 0.6) is 5.75 Å². The summed E-state index contributed by atoms with van der Waals surface area (Å²) in [6.07, 6.45) is 0. The number of fused-ring (bicyclic) bond motifs is 1. The number of para-hydroxylation sites is 1. The molecule has 0 aliphatic carbocycles. The van der Waals surface area contributed by atoms with Gasteiger partial charge in [-0.25, -0.2) is 0 Å². The molecule has 3 rings (SSSR count). The first-order chi connectivity index (χ1) is 10.9. The van der Waals surface area contributed by atoms with Gasteiger partial charge in [-0.2, -0.15) is 0 Å². The fourth-order valence-corrected chi connectivity index (χ4v) is 2.65. The van der Waals surface area contributed by atoms with Crippen LogP contribution in [-0.2, 0) is 0 Å². The second-order valence-corrected chi connectivity index (χ2v) is 6.54. The van der Waals surface area contributed by atoms with Crippen molar-refractivity contribution in [3.05, 3.63) is 54.1 Å². The summed E-state index contributed by atoms with van der Waals surface area (Å²) in [5.41, 5.74) is 2.38. The van der Waals surface area contributed by atoms with Crippen molar-refractivity contribution in [3.63, 3.8) is 0 Å². The van der Waals surface area contributed by atoms with Gasteiger partial charge in [-0.1, -0.05) is 18.2 Å². The van der Waals surface area contributed by atoms with Crippen LogP contribution in [0.1, 0.15) is 24.2 Å². The second kappa shape index (κ2) is 5.95. The third kappa shape index (κ3) is 3.47. The highest BCUT2D eigenvalue weighted by molar-refractivity contribution is 6.00. The molecule has 2 aromatic carbocycles. The number of carbonyl (C=O) groups is 1. The quantitative estimate of drug-likeness (QED) is 0.876. The average molecular weight is 310 g/mol. The van der Waals surface area contributed by atoms with Crippen LogP contribution in [0, 0.1) is 0 Å². The molecule has 0 bridgehead atoms. The van der Waals surface area contributed by atoms with Crippen LogP contribution in [0.4, 0.5) is 11.4 Å². The van der Waals surface area contributed by atoms with E-state index in [-0.39, 0.29) is 11.4 Å². The Labute approximate surface area is 137 Å². The number of likely N-dealkylation sites (N-methyl/N-ethyl adjacent to an activating group) is 1. The lowest BCUT2D eigenvalue weighted by atomic mass is 10.0. The van der Waals surface area contributed by atoms with Gasteiger partial charge < -0.3 is 15.0 Å². The first-order valence-corrected chi connectivity index (χ1v) is 7.81. The maximum Gasteiger partial charge on any atom is 0.182 e. The molecule has 1 aliphatic rings. The van der Waals surface area contributed by atoms with E-state index in [4.69, 9.17) is 4.74 Å². The molecule has 0 aromatic heterocycles. The van der Waals surface area contributed by atoms with Gasteiger partial charge in [0.2, 0.25) is 0 Å². The fourth-order valence-electron chi connectivity index (χ4n) is 2.65. The number of Topliss-reactive ketones (excluding diaryl/α,β-unsaturated/α-hetero) is 1. The van der Waals surface area contributed by atoms with E-state index in [9.17, 15) is 4.79 Å². The number of anilines is 2. The van der Waals surface area contributed by atoms with E-state index in [1.165, 1.54) is 0 Å². The number of rotatable bonds is 4. The maximum atomic E-state index is 12.5. The predicted octanol–water partition coefficient (Wildman–Crippen LogP) is 3.59. The van der Waals surface area contributed by atoms with Crippen molar-refractivity contribution in [1.29, 1.82) is 0 Å².